The Kier molecular flexibility index (Phi) is 2.86. The summed E-state index contributed by atoms with van der Waals surface area (Å²) in [5.74, 6) is -0.593. The van der Waals surface area contributed by atoms with Crippen LogP contribution in [0.2, 0.25) is 0 Å². The van der Waals surface area contributed by atoms with E-state index in [2.05, 4.69) is 0 Å². The molecular weight excluding hydrogens is 236 g/mol. The third-order valence-electron chi connectivity index (χ3n) is 2.88. The first-order chi connectivity index (χ1) is 8.40. The Hall–Kier alpha value is -2.24. The van der Waals surface area contributed by atoms with Gasteiger partial charge in [-0.3, -0.25) is 24.6 Å². The topological polar surface area (TPSA) is 80.5 Å². The van der Waals surface area contributed by atoms with Crippen LogP contribution in [0.5, 0.6) is 0 Å². The van der Waals surface area contributed by atoms with Crippen LogP contribution in [0.25, 0.3) is 0 Å². The predicted molar refractivity (Wildman–Crippen MR) is 64.5 cm³/mol. The highest BCUT2D eigenvalue weighted by Gasteiger charge is 2.34. The van der Waals surface area contributed by atoms with Gasteiger partial charge in [-0.25, -0.2) is 0 Å². The number of nitro benzene ring substituents is 1. The van der Waals surface area contributed by atoms with Gasteiger partial charge in [0.2, 0.25) is 5.91 Å². The number of ketones is 1. The normalized spacial score (nSPS) is 15.3. The zero-order valence-electron chi connectivity index (χ0n) is 10.1. The summed E-state index contributed by atoms with van der Waals surface area (Å²) in [6.07, 6.45) is -0.176. The predicted octanol–water partition coefficient (Wildman–Crippen LogP) is 1.52. The number of Topliss-reactive ketones (excluding diaryl/α,β-unsaturated/α-hetero) is 1. The van der Waals surface area contributed by atoms with Gasteiger partial charge in [0.1, 0.15) is 5.69 Å². The average Bonchev–Trinajstić information content (AvgIpc) is 2.56. The molecule has 1 heterocycles. The van der Waals surface area contributed by atoms with Gasteiger partial charge in [-0.1, -0.05) is 6.07 Å². The lowest BCUT2D eigenvalue weighted by Crippen LogP contribution is -2.26. The van der Waals surface area contributed by atoms with Crippen molar-refractivity contribution < 1.29 is 14.5 Å². The molecule has 1 aromatic carbocycles. The summed E-state index contributed by atoms with van der Waals surface area (Å²) in [6, 6.07) is 3.18. The van der Waals surface area contributed by atoms with Crippen LogP contribution in [-0.2, 0) is 9.59 Å². The first kappa shape index (κ1) is 12.2. The largest absolute Gasteiger partial charge is 0.298 e. The van der Waals surface area contributed by atoms with Crippen molar-refractivity contribution in [3.8, 4) is 0 Å². The van der Waals surface area contributed by atoms with E-state index in [1.165, 1.54) is 11.0 Å². The highest BCUT2D eigenvalue weighted by atomic mass is 16.6. The molecular formula is C12H12N2O4. The smallest absolute Gasteiger partial charge is 0.293 e. The van der Waals surface area contributed by atoms with Crippen molar-refractivity contribution in [1.82, 2.24) is 0 Å². The Balaban J connectivity index is 2.59. The van der Waals surface area contributed by atoms with Crippen LogP contribution in [0.1, 0.15) is 17.5 Å². The highest BCUT2D eigenvalue weighted by molar-refractivity contribution is 6.16. The van der Waals surface area contributed by atoms with E-state index < -0.39 is 4.92 Å². The van der Waals surface area contributed by atoms with Crippen LogP contribution in [0, 0.1) is 24.0 Å². The number of carbonyl (C=O) groups is 2. The lowest BCUT2D eigenvalue weighted by Gasteiger charge is -2.17. The summed E-state index contributed by atoms with van der Waals surface area (Å²) in [4.78, 5) is 34.7. The zero-order valence-corrected chi connectivity index (χ0v) is 10.1. The zero-order chi connectivity index (χ0) is 13.4. The number of anilines is 1. The molecule has 1 aromatic rings. The van der Waals surface area contributed by atoms with Crippen molar-refractivity contribution in [2.24, 2.45) is 0 Å². The molecule has 1 aliphatic heterocycles. The summed E-state index contributed by atoms with van der Waals surface area (Å²) < 4.78 is 0. The minimum absolute atomic E-state index is 0.0798. The minimum atomic E-state index is -0.522. The van der Waals surface area contributed by atoms with E-state index >= 15 is 0 Å². The number of carbonyl (C=O) groups excluding carboxylic acids is 2. The van der Waals surface area contributed by atoms with Gasteiger partial charge in [0.15, 0.2) is 5.78 Å². The molecule has 6 heteroatoms. The van der Waals surface area contributed by atoms with Crippen molar-refractivity contribution in [2.45, 2.75) is 20.3 Å². The number of nitrogens with zero attached hydrogens (tertiary/aromatic N) is 2. The Bertz CT molecular complexity index is 565. The molecule has 0 aliphatic carbocycles. The number of benzene rings is 1. The lowest BCUT2D eigenvalue weighted by atomic mass is 10.1. The van der Waals surface area contributed by atoms with Crippen molar-refractivity contribution in [3.05, 3.63) is 33.4 Å². The van der Waals surface area contributed by atoms with Crippen LogP contribution in [0.3, 0.4) is 0 Å². The summed E-state index contributed by atoms with van der Waals surface area (Å²) in [7, 11) is 0. The van der Waals surface area contributed by atoms with E-state index in [0.717, 1.165) is 5.56 Å². The summed E-state index contributed by atoms with van der Waals surface area (Å²) >= 11 is 0. The third kappa shape index (κ3) is 1.97. The van der Waals surface area contributed by atoms with Crippen molar-refractivity contribution in [3.63, 3.8) is 0 Å². The van der Waals surface area contributed by atoms with Crippen LogP contribution in [0.15, 0.2) is 12.1 Å². The standard InChI is InChI=1S/C12H12N2O4/c1-7-3-8(2)12(10(4-7)14(17)18)13-6-9(15)5-11(13)16/h3-4H,5-6H2,1-2H3. The summed E-state index contributed by atoms with van der Waals surface area (Å²) in [5.41, 5.74) is 1.49. The molecule has 0 spiro atoms. The van der Waals surface area contributed by atoms with E-state index in [1.54, 1.807) is 19.9 Å². The second-order valence-electron chi connectivity index (χ2n) is 4.40. The van der Waals surface area contributed by atoms with Crippen LogP contribution < -0.4 is 4.90 Å². The van der Waals surface area contributed by atoms with Crippen LogP contribution >= 0.6 is 0 Å². The lowest BCUT2D eigenvalue weighted by molar-refractivity contribution is -0.384. The van der Waals surface area contributed by atoms with Gasteiger partial charge in [0, 0.05) is 6.07 Å². The molecule has 0 aromatic heterocycles. The maximum absolute atomic E-state index is 11.7. The number of rotatable bonds is 2. The Labute approximate surface area is 103 Å². The first-order valence-corrected chi connectivity index (χ1v) is 5.48. The molecule has 1 aliphatic rings. The maximum atomic E-state index is 11.7. The van der Waals surface area contributed by atoms with E-state index in [-0.39, 0.29) is 36.0 Å². The van der Waals surface area contributed by atoms with Crippen LogP contribution in [-0.4, -0.2) is 23.2 Å². The van der Waals surface area contributed by atoms with Crippen molar-refractivity contribution in [1.29, 1.82) is 0 Å². The van der Waals surface area contributed by atoms with Gasteiger partial charge in [0.05, 0.1) is 17.9 Å². The molecule has 6 nitrogen and oxygen atoms in total. The van der Waals surface area contributed by atoms with Gasteiger partial charge < -0.3 is 0 Å². The summed E-state index contributed by atoms with van der Waals surface area (Å²) in [5, 5.41) is 11.1. The highest BCUT2D eigenvalue weighted by Crippen LogP contribution is 2.34. The number of hydrogen-bond acceptors (Lipinski definition) is 4. The molecule has 1 amide bonds. The quantitative estimate of drug-likeness (QED) is 0.451. The molecule has 1 fully saturated rings. The molecule has 0 atom stereocenters. The number of hydrogen-bond donors (Lipinski definition) is 0. The first-order valence-electron chi connectivity index (χ1n) is 5.48. The van der Waals surface area contributed by atoms with Crippen molar-refractivity contribution >= 4 is 23.1 Å². The second kappa shape index (κ2) is 4.21. The molecule has 94 valence electrons. The molecule has 0 unspecified atom stereocenters. The SMILES string of the molecule is Cc1cc(C)c(N2CC(=O)CC2=O)c([N+](=O)[O-])c1. The van der Waals surface area contributed by atoms with E-state index in [0.29, 0.717) is 5.56 Å². The molecule has 1 saturated heterocycles. The number of aryl methyl sites for hydroxylation is 2. The molecule has 18 heavy (non-hydrogen) atoms. The fourth-order valence-electron chi connectivity index (χ4n) is 2.22. The third-order valence-corrected chi connectivity index (χ3v) is 2.88. The van der Waals surface area contributed by atoms with E-state index in [4.69, 9.17) is 0 Å². The van der Waals surface area contributed by atoms with Gasteiger partial charge in [-0.05, 0) is 25.0 Å². The average molecular weight is 248 g/mol. The van der Waals surface area contributed by atoms with E-state index in [9.17, 15) is 19.7 Å². The molecule has 2 rings (SSSR count). The maximum Gasteiger partial charge on any atom is 0.293 e. The molecule has 0 radical (unpaired) electrons. The summed E-state index contributed by atoms with van der Waals surface area (Å²) in [6.45, 7) is 3.37. The van der Waals surface area contributed by atoms with E-state index in [1.807, 2.05) is 0 Å². The molecule has 0 N–H and O–H groups in total. The van der Waals surface area contributed by atoms with Gasteiger partial charge in [-0.2, -0.15) is 0 Å². The fourth-order valence-corrected chi connectivity index (χ4v) is 2.22. The second-order valence-corrected chi connectivity index (χ2v) is 4.40. The Morgan fingerprint density at radius 3 is 2.44 bits per heavy atom. The van der Waals surface area contributed by atoms with Gasteiger partial charge in [0.25, 0.3) is 5.69 Å². The Morgan fingerprint density at radius 1 is 1.28 bits per heavy atom. The van der Waals surface area contributed by atoms with Gasteiger partial charge >= 0.3 is 0 Å². The minimum Gasteiger partial charge on any atom is -0.298 e. The van der Waals surface area contributed by atoms with Crippen molar-refractivity contribution in [2.75, 3.05) is 11.4 Å². The number of nitro groups is 1. The molecule has 0 bridgehead atoms. The fraction of sp³-hybridized carbons (Fsp3) is 0.333. The Morgan fingerprint density at radius 2 is 1.94 bits per heavy atom. The van der Waals surface area contributed by atoms with Gasteiger partial charge in [-0.15, -0.1) is 0 Å². The molecule has 0 saturated carbocycles. The number of amides is 1. The van der Waals surface area contributed by atoms with Crippen LogP contribution in [0.4, 0.5) is 11.4 Å². The monoisotopic (exact) mass is 248 g/mol.